The molecule has 0 bridgehead atoms. The van der Waals surface area contributed by atoms with Crippen LogP contribution in [0, 0.1) is 0 Å². The van der Waals surface area contributed by atoms with Crippen LogP contribution in [0.1, 0.15) is 0 Å². The van der Waals surface area contributed by atoms with Gasteiger partial charge in [0.25, 0.3) is 0 Å². The molecule has 2 rings (SSSR count). The summed E-state index contributed by atoms with van der Waals surface area (Å²) in [6.45, 7) is 0. The van der Waals surface area contributed by atoms with Crippen LogP contribution in [0.5, 0.6) is 0 Å². The van der Waals surface area contributed by atoms with Crippen LogP contribution in [0.2, 0.25) is 0 Å². The van der Waals surface area contributed by atoms with E-state index in [4.69, 9.17) is 16.0 Å². The lowest BCUT2D eigenvalue weighted by molar-refractivity contribution is 0.256. The number of benzene rings is 2. The summed E-state index contributed by atoms with van der Waals surface area (Å²) in [6, 6.07) is 9.42. The summed E-state index contributed by atoms with van der Waals surface area (Å²) >= 11 is 0. The highest BCUT2D eigenvalue weighted by atomic mass is 32.2. The molecule has 0 radical (unpaired) electrons. The minimum atomic E-state index is -3.87. The molecule has 0 heterocycles. The minimum absolute atomic E-state index is 0.125. The van der Waals surface area contributed by atoms with Gasteiger partial charge >= 0.3 is 6.03 Å². The molecular weight excluding hydrogens is 356 g/mol. The molecule has 0 atom stereocenters. The number of primary sulfonamides is 2. The molecule has 0 aromatic heterocycles. The van der Waals surface area contributed by atoms with E-state index < -0.39 is 26.1 Å². The van der Waals surface area contributed by atoms with Crippen LogP contribution in [-0.4, -0.2) is 22.9 Å². The molecule has 2 aromatic carbocycles. The lowest BCUT2D eigenvalue weighted by Gasteiger charge is -2.21. The SMILES string of the molecule is NC(=O)N(c1ccc(S(N)(=O)=O)cc1)c1ccc(S(N)(=O)=O)cc1. The zero-order valence-corrected chi connectivity index (χ0v) is 13.8. The van der Waals surface area contributed by atoms with E-state index >= 15 is 0 Å². The van der Waals surface area contributed by atoms with Gasteiger partial charge in [-0.15, -0.1) is 0 Å². The maximum Gasteiger partial charge on any atom is 0.323 e. The van der Waals surface area contributed by atoms with Crippen LogP contribution in [0.15, 0.2) is 58.3 Å². The highest BCUT2D eigenvalue weighted by Crippen LogP contribution is 2.27. The van der Waals surface area contributed by atoms with Crippen molar-refractivity contribution < 1.29 is 21.6 Å². The first-order chi connectivity index (χ1) is 11.0. The molecule has 24 heavy (non-hydrogen) atoms. The van der Waals surface area contributed by atoms with Gasteiger partial charge in [-0.25, -0.2) is 31.9 Å². The second-order valence-corrected chi connectivity index (χ2v) is 7.87. The van der Waals surface area contributed by atoms with E-state index in [1.165, 1.54) is 48.5 Å². The highest BCUT2D eigenvalue weighted by molar-refractivity contribution is 7.89. The number of amides is 2. The Morgan fingerprint density at radius 1 is 0.708 bits per heavy atom. The Bertz CT molecular complexity index is 893. The summed E-state index contributed by atoms with van der Waals surface area (Å²) in [4.78, 5) is 12.5. The summed E-state index contributed by atoms with van der Waals surface area (Å²) in [5.74, 6) is 0. The smallest absolute Gasteiger partial charge is 0.323 e. The number of nitrogens with two attached hydrogens (primary N) is 3. The topological polar surface area (TPSA) is 167 Å². The molecule has 0 saturated carbocycles. The standard InChI is InChI=1S/C13H14N4O5S2/c14-13(18)17(9-1-5-11(6-2-9)23(15,19)20)10-3-7-12(8-4-10)24(16,21)22/h1-8H,(H2,14,18)(H2,15,19,20)(H2,16,21,22). The van der Waals surface area contributed by atoms with Crippen molar-refractivity contribution in [2.24, 2.45) is 16.0 Å². The molecule has 0 unspecified atom stereocenters. The predicted octanol–water partition coefficient (Wildman–Crippen LogP) is 0.198. The molecule has 0 spiro atoms. The third-order valence-electron chi connectivity index (χ3n) is 3.07. The lowest BCUT2D eigenvalue weighted by Crippen LogP contribution is -2.31. The summed E-state index contributed by atoms with van der Waals surface area (Å²) < 4.78 is 45.0. The monoisotopic (exact) mass is 370 g/mol. The quantitative estimate of drug-likeness (QED) is 0.697. The molecule has 0 aliphatic carbocycles. The summed E-state index contributed by atoms with van der Waals surface area (Å²) in [6.07, 6.45) is 0. The summed E-state index contributed by atoms with van der Waals surface area (Å²) in [5.41, 5.74) is 5.90. The average Bonchev–Trinajstić information content (AvgIpc) is 2.46. The molecule has 2 amide bonds. The molecule has 0 aliphatic heterocycles. The van der Waals surface area contributed by atoms with Crippen molar-refractivity contribution in [1.29, 1.82) is 0 Å². The Hall–Kier alpha value is -2.47. The van der Waals surface area contributed by atoms with E-state index in [0.29, 0.717) is 0 Å². The Balaban J connectivity index is 2.45. The van der Waals surface area contributed by atoms with E-state index in [2.05, 4.69) is 0 Å². The number of primary amides is 1. The normalized spacial score (nSPS) is 11.9. The molecule has 2 aromatic rings. The van der Waals surface area contributed by atoms with Gasteiger partial charge in [-0.2, -0.15) is 0 Å². The maximum atomic E-state index is 11.7. The Morgan fingerprint density at radius 2 is 1.00 bits per heavy atom. The molecule has 9 nitrogen and oxygen atoms in total. The maximum absolute atomic E-state index is 11.7. The number of rotatable bonds is 4. The van der Waals surface area contributed by atoms with Gasteiger partial charge in [-0.1, -0.05) is 0 Å². The van der Waals surface area contributed by atoms with Gasteiger partial charge in [0.05, 0.1) is 21.2 Å². The first kappa shape index (κ1) is 17.9. The largest absolute Gasteiger partial charge is 0.351 e. The summed E-state index contributed by atoms with van der Waals surface area (Å²) in [7, 11) is -7.73. The number of hydrogen-bond acceptors (Lipinski definition) is 5. The van der Waals surface area contributed by atoms with Crippen molar-refractivity contribution in [2.45, 2.75) is 9.79 Å². The van der Waals surface area contributed by atoms with Crippen LogP contribution >= 0.6 is 0 Å². The number of carbonyl (C=O) groups excluding carboxylic acids is 1. The minimum Gasteiger partial charge on any atom is -0.351 e. The summed E-state index contributed by atoms with van der Waals surface area (Å²) in [5, 5.41) is 10.0. The number of urea groups is 1. The number of anilines is 2. The second-order valence-electron chi connectivity index (χ2n) is 4.75. The first-order valence-electron chi connectivity index (χ1n) is 6.35. The fraction of sp³-hybridized carbons (Fsp3) is 0. The number of carbonyl (C=O) groups is 1. The zero-order valence-electron chi connectivity index (χ0n) is 12.2. The van der Waals surface area contributed by atoms with Gasteiger partial charge in [0, 0.05) is 0 Å². The Labute approximate surface area is 138 Å². The molecule has 0 saturated heterocycles. The van der Waals surface area contributed by atoms with Gasteiger partial charge in [0.2, 0.25) is 20.0 Å². The number of hydrogen-bond donors (Lipinski definition) is 3. The van der Waals surface area contributed by atoms with Gasteiger partial charge in [0.1, 0.15) is 0 Å². The zero-order chi connectivity index (χ0) is 18.1. The van der Waals surface area contributed by atoms with Gasteiger partial charge in [0.15, 0.2) is 0 Å². The molecule has 0 fully saturated rings. The van der Waals surface area contributed by atoms with E-state index in [1.807, 2.05) is 0 Å². The molecule has 6 N–H and O–H groups in total. The van der Waals surface area contributed by atoms with Crippen molar-refractivity contribution in [3.63, 3.8) is 0 Å². The Kier molecular flexibility index (Phi) is 4.62. The van der Waals surface area contributed by atoms with Crippen molar-refractivity contribution in [3.8, 4) is 0 Å². The molecule has 128 valence electrons. The highest BCUT2D eigenvalue weighted by Gasteiger charge is 2.17. The van der Waals surface area contributed by atoms with E-state index in [1.54, 1.807) is 0 Å². The second kappa shape index (κ2) is 6.20. The number of sulfonamides is 2. The Morgan fingerprint density at radius 3 is 1.21 bits per heavy atom. The number of nitrogens with zero attached hydrogens (tertiary/aromatic N) is 1. The van der Waals surface area contributed by atoms with Gasteiger partial charge < -0.3 is 5.73 Å². The predicted molar refractivity (Wildman–Crippen MR) is 87.4 cm³/mol. The van der Waals surface area contributed by atoms with Crippen molar-refractivity contribution in [2.75, 3.05) is 4.90 Å². The van der Waals surface area contributed by atoms with E-state index in [0.717, 1.165) is 4.90 Å². The molecule has 11 heteroatoms. The van der Waals surface area contributed by atoms with Crippen LogP contribution < -0.4 is 20.9 Å². The van der Waals surface area contributed by atoms with Crippen molar-refractivity contribution in [3.05, 3.63) is 48.5 Å². The van der Waals surface area contributed by atoms with E-state index in [9.17, 15) is 21.6 Å². The van der Waals surface area contributed by atoms with Crippen molar-refractivity contribution in [1.82, 2.24) is 0 Å². The van der Waals surface area contributed by atoms with Crippen LogP contribution in [-0.2, 0) is 20.0 Å². The van der Waals surface area contributed by atoms with Crippen LogP contribution in [0.25, 0.3) is 0 Å². The van der Waals surface area contributed by atoms with Crippen LogP contribution in [0.3, 0.4) is 0 Å². The van der Waals surface area contributed by atoms with Crippen LogP contribution in [0.4, 0.5) is 16.2 Å². The van der Waals surface area contributed by atoms with Gasteiger partial charge in [-0.3, -0.25) is 4.90 Å². The van der Waals surface area contributed by atoms with E-state index in [-0.39, 0.29) is 21.2 Å². The van der Waals surface area contributed by atoms with Gasteiger partial charge in [-0.05, 0) is 48.5 Å². The third-order valence-corrected chi connectivity index (χ3v) is 4.93. The first-order valence-corrected chi connectivity index (χ1v) is 9.45. The third kappa shape index (κ3) is 3.89. The molecular formula is C13H14N4O5S2. The average molecular weight is 370 g/mol. The van der Waals surface area contributed by atoms with Crippen molar-refractivity contribution >= 4 is 37.5 Å². The lowest BCUT2D eigenvalue weighted by atomic mass is 10.2. The fourth-order valence-corrected chi connectivity index (χ4v) is 3.00. The fourth-order valence-electron chi connectivity index (χ4n) is 1.97. The molecule has 0 aliphatic rings.